The number of hydrogen-bond donors (Lipinski definition) is 1. The standard InChI is InChI=1S/C29H28N4O2/c1-18-10-13-22(14-11-18)17-33-21(4)25(28-31-27(32-35-28)23-8-6-5-7-9-23)26(30-29(33)34)24-15-12-19(2)20(3)16-24/h5-16,26H,17H2,1-4H3,(H,30,34). The van der Waals surface area contributed by atoms with E-state index in [9.17, 15) is 4.79 Å². The molecule has 35 heavy (non-hydrogen) atoms. The molecule has 1 atom stereocenters. The second-order valence-corrected chi connectivity index (χ2v) is 9.09. The number of nitrogens with one attached hydrogen (secondary N) is 1. The lowest BCUT2D eigenvalue weighted by atomic mass is 9.92. The Balaban J connectivity index is 1.60. The maximum absolute atomic E-state index is 13.3. The van der Waals surface area contributed by atoms with E-state index in [1.54, 1.807) is 4.90 Å². The topological polar surface area (TPSA) is 71.3 Å². The van der Waals surface area contributed by atoms with Gasteiger partial charge in [-0.1, -0.05) is 83.5 Å². The van der Waals surface area contributed by atoms with Crippen molar-refractivity contribution in [3.05, 3.63) is 112 Å². The summed E-state index contributed by atoms with van der Waals surface area (Å²) in [5.74, 6) is 0.917. The summed E-state index contributed by atoms with van der Waals surface area (Å²) in [4.78, 5) is 19.8. The highest BCUT2D eigenvalue weighted by Crippen LogP contribution is 2.38. The van der Waals surface area contributed by atoms with Gasteiger partial charge in [0, 0.05) is 11.3 Å². The molecule has 0 saturated carbocycles. The van der Waals surface area contributed by atoms with Crippen LogP contribution in [0.3, 0.4) is 0 Å². The van der Waals surface area contributed by atoms with Crippen molar-refractivity contribution in [1.82, 2.24) is 20.4 Å². The van der Waals surface area contributed by atoms with Crippen molar-refractivity contribution in [3.63, 3.8) is 0 Å². The number of hydrogen-bond acceptors (Lipinski definition) is 4. The Labute approximate surface area is 205 Å². The zero-order chi connectivity index (χ0) is 24.5. The minimum atomic E-state index is -0.403. The smallest absolute Gasteiger partial charge is 0.322 e. The largest absolute Gasteiger partial charge is 0.334 e. The zero-order valence-corrected chi connectivity index (χ0v) is 20.4. The number of carbonyl (C=O) groups excluding carboxylic acids is 1. The highest BCUT2D eigenvalue weighted by Gasteiger charge is 2.36. The maximum atomic E-state index is 13.3. The number of carbonyl (C=O) groups is 1. The average molecular weight is 465 g/mol. The lowest BCUT2D eigenvalue weighted by Crippen LogP contribution is -2.45. The number of aryl methyl sites for hydroxylation is 3. The number of allylic oxidation sites excluding steroid dienone is 1. The van der Waals surface area contributed by atoms with E-state index in [1.165, 1.54) is 11.1 Å². The van der Waals surface area contributed by atoms with Gasteiger partial charge in [-0.2, -0.15) is 4.98 Å². The Morgan fingerprint density at radius 1 is 0.914 bits per heavy atom. The molecule has 6 nitrogen and oxygen atoms in total. The summed E-state index contributed by atoms with van der Waals surface area (Å²) in [6, 6.07) is 23.6. The SMILES string of the molecule is CC1=C(c2nc(-c3ccccc3)no2)C(c2ccc(C)c(C)c2)NC(=O)N1Cc1ccc(C)cc1. The number of urea groups is 1. The van der Waals surface area contributed by atoms with E-state index in [0.717, 1.165) is 33.5 Å². The molecule has 1 N–H and O–H groups in total. The van der Waals surface area contributed by atoms with E-state index < -0.39 is 6.04 Å². The number of benzene rings is 3. The first-order valence-corrected chi connectivity index (χ1v) is 11.7. The third-order valence-corrected chi connectivity index (χ3v) is 6.61. The fourth-order valence-corrected chi connectivity index (χ4v) is 4.36. The molecule has 0 saturated heterocycles. The summed E-state index contributed by atoms with van der Waals surface area (Å²) in [6.45, 7) is 8.59. The Morgan fingerprint density at radius 2 is 1.66 bits per heavy atom. The van der Waals surface area contributed by atoms with Gasteiger partial charge >= 0.3 is 6.03 Å². The van der Waals surface area contributed by atoms with Crippen LogP contribution in [-0.2, 0) is 6.54 Å². The second kappa shape index (κ2) is 9.22. The normalized spacial score (nSPS) is 15.9. The predicted octanol–water partition coefficient (Wildman–Crippen LogP) is 6.36. The number of amides is 2. The summed E-state index contributed by atoms with van der Waals surface area (Å²) >= 11 is 0. The fraction of sp³-hybridized carbons (Fsp3) is 0.207. The molecule has 0 bridgehead atoms. The summed E-state index contributed by atoms with van der Waals surface area (Å²) in [5, 5.41) is 7.43. The molecule has 5 rings (SSSR count). The average Bonchev–Trinajstić information content (AvgIpc) is 3.34. The van der Waals surface area contributed by atoms with Gasteiger partial charge in [0.1, 0.15) is 0 Å². The first-order valence-electron chi connectivity index (χ1n) is 11.7. The van der Waals surface area contributed by atoms with Gasteiger partial charge in [-0.3, -0.25) is 4.90 Å². The molecule has 2 amide bonds. The van der Waals surface area contributed by atoms with Gasteiger partial charge in [0.05, 0.1) is 18.2 Å². The highest BCUT2D eigenvalue weighted by atomic mass is 16.5. The molecule has 0 fully saturated rings. The molecule has 1 aromatic heterocycles. The van der Waals surface area contributed by atoms with Crippen molar-refractivity contribution in [2.45, 2.75) is 40.3 Å². The molecule has 176 valence electrons. The van der Waals surface area contributed by atoms with Crippen LogP contribution in [0.15, 0.2) is 83.0 Å². The third kappa shape index (κ3) is 4.47. The van der Waals surface area contributed by atoms with Crippen molar-refractivity contribution in [2.75, 3.05) is 0 Å². The van der Waals surface area contributed by atoms with Gasteiger partial charge in [0.25, 0.3) is 5.89 Å². The molecule has 1 unspecified atom stereocenters. The van der Waals surface area contributed by atoms with Crippen LogP contribution in [-0.4, -0.2) is 21.1 Å². The fourth-order valence-electron chi connectivity index (χ4n) is 4.36. The molecule has 4 aromatic rings. The van der Waals surface area contributed by atoms with E-state index in [-0.39, 0.29) is 6.03 Å². The molecule has 2 heterocycles. The molecule has 0 aliphatic carbocycles. The van der Waals surface area contributed by atoms with Gasteiger partial charge in [0.2, 0.25) is 5.82 Å². The van der Waals surface area contributed by atoms with Gasteiger partial charge in [-0.05, 0) is 49.9 Å². The van der Waals surface area contributed by atoms with E-state index in [2.05, 4.69) is 55.5 Å². The monoisotopic (exact) mass is 464 g/mol. The molecule has 0 spiro atoms. The van der Waals surface area contributed by atoms with Crippen LogP contribution in [0.5, 0.6) is 0 Å². The Morgan fingerprint density at radius 3 is 2.37 bits per heavy atom. The van der Waals surface area contributed by atoms with Crippen molar-refractivity contribution in [2.24, 2.45) is 0 Å². The number of aromatic nitrogens is 2. The van der Waals surface area contributed by atoms with Crippen LogP contribution in [0, 0.1) is 20.8 Å². The minimum Gasteiger partial charge on any atom is -0.334 e. The Kier molecular flexibility index (Phi) is 5.95. The first kappa shape index (κ1) is 22.6. The maximum Gasteiger partial charge on any atom is 0.322 e. The third-order valence-electron chi connectivity index (χ3n) is 6.61. The summed E-state index contributed by atoms with van der Waals surface area (Å²) in [7, 11) is 0. The highest BCUT2D eigenvalue weighted by molar-refractivity contribution is 5.87. The first-order chi connectivity index (χ1) is 16.9. The van der Waals surface area contributed by atoms with Crippen molar-refractivity contribution in [3.8, 4) is 11.4 Å². The summed E-state index contributed by atoms with van der Waals surface area (Å²) < 4.78 is 5.79. The van der Waals surface area contributed by atoms with E-state index in [1.807, 2.05) is 55.5 Å². The zero-order valence-electron chi connectivity index (χ0n) is 20.4. The predicted molar refractivity (Wildman–Crippen MR) is 136 cm³/mol. The van der Waals surface area contributed by atoms with Crippen LogP contribution in [0.25, 0.3) is 17.0 Å². The van der Waals surface area contributed by atoms with Crippen LogP contribution < -0.4 is 5.32 Å². The van der Waals surface area contributed by atoms with Gasteiger partial charge < -0.3 is 9.84 Å². The molecule has 1 aliphatic rings. The van der Waals surface area contributed by atoms with Gasteiger partial charge in [-0.25, -0.2) is 4.79 Å². The molecular weight excluding hydrogens is 436 g/mol. The van der Waals surface area contributed by atoms with Crippen molar-refractivity contribution >= 4 is 11.6 Å². The Bertz CT molecular complexity index is 1400. The molecular formula is C29H28N4O2. The molecule has 1 aliphatic heterocycles. The number of rotatable bonds is 5. The molecule has 0 radical (unpaired) electrons. The van der Waals surface area contributed by atoms with Crippen molar-refractivity contribution < 1.29 is 9.32 Å². The second-order valence-electron chi connectivity index (χ2n) is 9.09. The van der Waals surface area contributed by atoms with Gasteiger partial charge in [0.15, 0.2) is 0 Å². The summed E-state index contributed by atoms with van der Waals surface area (Å²) in [6.07, 6.45) is 0. The molecule has 6 heteroatoms. The summed E-state index contributed by atoms with van der Waals surface area (Å²) in [5.41, 5.74) is 8.03. The number of nitrogens with zero attached hydrogens (tertiary/aromatic N) is 3. The minimum absolute atomic E-state index is 0.155. The van der Waals surface area contributed by atoms with Crippen molar-refractivity contribution in [1.29, 1.82) is 0 Å². The van der Waals surface area contributed by atoms with E-state index >= 15 is 0 Å². The lowest BCUT2D eigenvalue weighted by Gasteiger charge is -2.35. The van der Waals surface area contributed by atoms with E-state index in [4.69, 9.17) is 9.51 Å². The van der Waals surface area contributed by atoms with Crippen LogP contribution >= 0.6 is 0 Å². The van der Waals surface area contributed by atoms with Gasteiger partial charge in [-0.15, -0.1) is 0 Å². The molecule has 3 aromatic carbocycles. The van der Waals surface area contributed by atoms with Crippen LogP contribution in [0.2, 0.25) is 0 Å². The quantitative estimate of drug-likeness (QED) is 0.373. The van der Waals surface area contributed by atoms with Crippen LogP contribution in [0.4, 0.5) is 4.79 Å². The Hall–Kier alpha value is -4.19. The van der Waals surface area contributed by atoms with Crippen LogP contribution in [0.1, 0.15) is 46.7 Å². The van der Waals surface area contributed by atoms with E-state index in [0.29, 0.717) is 18.3 Å². The lowest BCUT2D eigenvalue weighted by molar-refractivity contribution is 0.203.